The molecule has 7 aromatic heterocycles. The third-order valence-electron chi connectivity index (χ3n) is 23.5. The molecule has 2 atom stereocenters. The number of nitrogens with zero attached hydrogens (tertiary/aromatic N) is 8. The van der Waals surface area contributed by atoms with Gasteiger partial charge in [0.25, 0.3) is 0 Å². The van der Waals surface area contributed by atoms with E-state index in [0.29, 0.717) is 6.42 Å². The second-order valence-corrected chi connectivity index (χ2v) is 34.6. The molecule has 0 spiro atoms. The van der Waals surface area contributed by atoms with E-state index in [4.69, 9.17) is 20.2 Å². The van der Waals surface area contributed by atoms with Crippen LogP contribution in [0.3, 0.4) is 0 Å². The molecule has 23 aromatic rings. The van der Waals surface area contributed by atoms with Gasteiger partial charge in [0.2, 0.25) is 0 Å². The minimum atomic E-state index is -0.375. The van der Waals surface area contributed by atoms with E-state index in [1.54, 1.807) is 20.2 Å². The van der Waals surface area contributed by atoms with E-state index < -0.39 is 0 Å². The van der Waals surface area contributed by atoms with Gasteiger partial charge in [-0.2, -0.15) is 0 Å². The molecule has 2 N–H and O–H groups in total. The molecule has 0 saturated carbocycles. The molecule has 1 radical (unpaired) electrons. The van der Waals surface area contributed by atoms with Gasteiger partial charge in [0, 0.05) is 124 Å². The molecule has 7 heterocycles. The fourth-order valence-electron chi connectivity index (χ4n) is 17.3. The minimum absolute atomic E-state index is 0. The van der Waals surface area contributed by atoms with Crippen molar-refractivity contribution in [2.24, 2.45) is 0 Å². The monoisotopic (exact) mass is 1890 g/mol. The standard InChI is InChI=1S/C40H26N2S.C36H24N2.C24H16N2.C14H15N2.C5H12O2.Ir/c1-3-12-27(13-4-1)36-26-37(42-40(41-36)28-14-5-2-6-15-28)32-19-10-17-30(25-32)29-16-9-18-31(24-29)33-21-11-22-35-34-20-7-8-23-38(34)43-39(33)35;1-3-11-27(12-4-1)37-33-17-9-7-15-29(33)31-23-25(19-21-35(31)37)26-20-22-36-32(24-26)30-16-8-10-18-34(30)38(36)28-13-5-2-6-14-28;1-3-7-17(8-4-1)19-13-15-25-23-21(19)11-12-22-20(14-16-26-24(22)23)18-9-5-2-6-10-18;1-14(2,3)13-9-12(15-10-16-13)11-7-5-4-6-8-11;1-4(6)3-5(2)7;/h1-26H;1-24H;1-16H;4-7,9-10H,1-3H3;4-7H,3H2,1-2H3;/q;;;-1;;. The number of aromatic nitrogens is 8. The van der Waals surface area contributed by atoms with Crippen LogP contribution in [0.5, 0.6) is 0 Å². The first-order valence-electron chi connectivity index (χ1n) is 44.0. The summed E-state index contributed by atoms with van der Waals surface area (Å²) in [6.45, 7) is 9.76. The number of hydrogen-bond acceptors (Lipinski definition) is 9. The van der Waals surface area contributed by atoms with Crippen molar-refractivity contribution in [2.45, 2.75) is 58.7 Å². The molecule has 0 bridgehead atoms. The SMILES string of the molecule is CC(C)(C)c1cc(-c2[c-]cccc2)ncn1.CC(O)CC(C)O.[Ir].c1ccc(-c2cc(-c3cccc(-c4cccc(-c5cccc6c5sc5ccccc56)c4)c3)nc(-c3ccccc3)n2)cc1.c1ccc(-c2ccnc3c2ccc2c(-c4ccccc4)ccnc23)cc1.c1ccc(-n2c3ccccc3c3cc(-c4ccc5c(c4)c4ccccc4n5-c4ccccc4)ccc32)cc1. The quantitative estimate of drug-likeness (QED) is 0.0863. The molecule has 0 aliphatic heterocycles. The van der Waals surface area contributed by atoms with Gasteiger partial charge in [0.15, 0.2) is 5.82 Å². The number of aliphatic hydroxyl groups excluding tert-OH is 2. The second kappa shape index (κ2) is 39.2. The van der Waals surface area contributed by atoms with Crippen LogP contribution in [0.1, 0.15) is 46.7 Å². The van der Waals surface area contributed by atoms with Gasteiger partial charge in [-0.25, -0.2) is 15.0 Å². The summed E-state index contributed by atoms with van der Waals surface area (Å²) in [5.74, 6) is 0.723. The van der Waals surface area contributed by atoms with E-state index in [1.807, 2.05) is 103 Å². The Hall–Kier alpha value is -15.1. The number of pyridine rings is 2. The third kappa shape index (κ3) is 18.8. The van der Waals surface area contributed by atoms with Crippen LogP contribution in [0.4, 0.5) is 0 Å². The van der Waals surface area contributed by atoms with Crippen LogP contribution in [-0.2, 0) is 25.5 Å². The van der Waals surface area contributed by atoms with Crippen molar-refractivity contribution in [1.82, 2.24) is 39.0 Å². The Morgan fingerprint density at radius 2 is 0.733 bits per heavy atom. The van der Waals surface area contributed by atoms with Crippen LogP contribution in [0.15, 0.2) is 437 Å². The fraction of sp³-hybridized carbons (Fsp3) is 0.0756. The second-order valence-electron chi connectivity index (χ2n) is 33.5. The van der Waals surface area contributed by atoms with Crippen molar-refractivity contribution in [3.05, 3.63) is 449 Å². The Morgan fingerprint density at radius 3 is 1.24 bits per heavy atom. The fourth-order valence-corrected chi connectivity index (χ4v) is 18.5. The normalized spacial score (nSPS) is 11.7. The molecule has 0 amide bonds. The summed E-state index contributed by atoms with van der Waals surface area (Å²) >= 11 is 1.87. The number of rotatable bonds is 13. The molecule has 23 rings (SSSR count). The van der Waals surface area contributed by atoms with Crippen molar-refractivity contribution in [3.8, 4) is 112 Å². The van der Waals surface area contributed by atoms with E-state index >= 15 is 0 Å². The van der Waals surface area contributed by atoms with Gasteiger partial charge >= 0.3 is 0 Å². The van der Waals surface area contributed by atoms with Crippen LogP contribution in [-0.4, -0.2) is 61.5 Å². The first-order valence-corrected chi connectivity index (χ1v) is 44.8. The van der Waals surface area contributed by atoms with Gasteiger partial charge in [-0.1, -0.05) is 318 Å². The number of fused-ring (bicyclic) bond motifs is 12. The molecule has 12 heteroatoms. The van der Waals surface area contributed by atoms with Crippen LogP contribution in [0.25, 0.3) is 198 Å². The summed E-state index contributed by atoms with van der Waals surface area (Å²) in [5.41, 5.74) is 29.2. The molecule has 16 aromatic carbocycles. The summed E-state index contributed by atoms with van der Waals surface area (Å²) in [6.07, 6.45) is 5.10. The molecule has 0 aliphatic rings. The maximum Gasteiger partial charge on any atom is 0.160 e. The van der Waals surface area contributed by atoms with Crippen LogP contribution >= 0.6 is 11.3 Å². The van der Waals surface area contributed by atoms with Crippen molar-refractivity contribution in [2.75, 3.05) is 0 Å². The Balaban J connectivity index is 0.000000119. The van der Waals surface area contributed by atoms with Gasteiger partial charge in [-0.3, -0.25) is 15.0 Å². The zero-order chi connectivity index (χ0) is 88.4. The topological polar surface area (TPSA) is 128 Å². The molecular formula is C119H93IrN8O2S-. The third-order valence-corrected chi connectivity index (χ3v) is 24.7. The predicted octanol–water partition coefficient (Wildman–Crippen LogP) is 30.2. The first-order chi connectivity index (χ1) is 63.8. The first kappa shape index (κ1) is 86.6. The van der Waals surface area contributed by atoms with Crippen molar-refractivity contribution < 1.29 is 30.3 Å². The Bertz CT molecular complexity index is 7600. The molecule has 0 aliphatic carbocycles. The van der Waals surface area contributed by atoms with Crippen LogP contribution in [0.2, 0.25) is 0 Å². The number of para-hydroxylation sites is 4. The van der Waals surface area contributed by atoms with Gasteiger partial charge < -0.3 is 19.3 Å². The summed E-state index contributed by atoms with van der Waals surface area (Å²) < 4.78 is 7.39. The number of thiophene rings is 1. The van der Waals surface area contributed by atoms with E-state index in [9.17, 15) is 0 Å². The summed E-state index contributed by atoms with van der Waals surface area (Å²) in [7, 11) is 0. The Labute approximate surface area is 780 Å². The zero-order valence-corrected chi connectivity index (χ0v) is 76.4. The Morgan fingerprint density at radius 1 is 0.313 bits per heavy atom. The van der Waals surface area contributed by atoms with E-state index in [1.165, 1.54) is 125 Å². The van der Waals surface area contributed by atoms with Gasteiger partial charge in [0.1, 0.15) is 6.33 Å². The molecule has 637 valence electrons. The van der Waals surface area contributed by atoms with Gasteiger partial charge in [-0.15, -0.1) is 47.2 Å². The van der Waals surface area contributed by atoms with Crippen molar-refractivity contribution in [3.63, 3.8) is 0 Å². The minimum Gasteiger partial charge on any atom is -0.393 e. The molecular weight excluding hydrogens is 1800 g/mol. The largest absolute Gasteiger partial charge is 0.393 e. The average molecular weight is 1890 g/mol. The molecule has 131 heavy (non-hydrogen) atoms. The maximum atomic E-state index is 8.56. The smallest absolute Gasteiger partial charge is 0.160 e. The Kier molecular flexibility index (Phi) is 25.9. The summed E-state index contributed by atoms with van der Waals surface area (Å²) in [4.78, 5) is 27.9. The molecule has 2 unspecified atom stereocenters. The zero-order valence-electron chi connectivity index (χ0n) is 73.1. The van der Waals surface area contributed by atoms with E-state index in [0.717, 1.165) is 78.2 Å². The van der Waals surface area contributed by atoms with Crippen molar-refractivity contribution >= 4 is 96.9 Å². The number of benzene rings is 16. The number of aliphatic hydroxyl groups is 2. The maximum absolute atomic E-state index is 8.56. The van der Waals surface area contributed by atoms with Crippen molar-refractivity contribution in [1.29, 1.82) is 0 Å². The van der Waals surface area contributed by atoms with Crippen LogP contribution in [0, 0.1) is 6.07 Å². The predicted molar refractivity (Wildman–Crippen MR) is 544 cm³/mol. The summed E-state index contributed by atoms with van der Waals surface area (Å²) in [6, 6.07) is 150. The van der Waals surface area contributed by atoms with E-state index in [2.05, 4.69) is 396 Å². The summed E-state index contributed by atoms with van der Waals surface area (Å²) in [5, 5.41) is 27.1. The van der Waals surface area contributed by atoms with E-state index in [-0.39, 0.29) is 37.7 Å². The van der Waals surface area contributed by atoms with Crippen LogP contribution < -0.4 is 0 Å². The van der Waals surface area contributed by atoms with Gasteiger partial charge in [0.05, 0.1) is 56.7 Å². The van der Waals surface area contributed by atoms with Gasteiger partial charge in [-0.05, 0) is 179 Å². The molecule has 0 saturated heterocycles. The average Bonchev–Trinajstić information content (AvgIpc) is 1.45. The molecule has 0 fully saturated rings. The molecule has 10 nitrogen and oxygen atoms in total. The number of hydrogen-bond donors (Lipinski definition) is 2.